The van der Waals surface area contributed by atoms with E-state index in [-0.39, 0.29) is 29.4 Å². The molecule has 0 saturated carbocycles. The zero-order chi connectivity index (χ0) is 22.4. The van der Waals surface area contributed by atoms with Crippen molar-refractivity contribution in [3.63, 3.8) is 0 Å². The fraction of sp³-hybridized carbons (Fsp3) is 0.304. The lowest BCUT2D eigenvalue weighted by atomic mass is 10.0. The third-order valence-corrected chi connectivity index (χ3v) is 6.32. The van der Waals surface area contributed by atoms with Crippen LogP contribution in [0.1, 0.15) is 53.4 Å². The van der Waals surface area contributed by atoms with Crippen LogP contribution >= 0.6 is 27.7 Å². The highest BCUT2D eigenvalue weighted by atomic mass is 79.9. The summed E-state index contributed by atoms with van der Waals surface area (Å²) >= 11 is 4.74. The lowest BCUT2D eigenvalue weighted by Gasteiger charge is -2.22. The van der Waals surface area contributed by atoms with Crippen molar-refractivity contribution in [2.75, 3.05) is 5.75 Å². The Bertz CT molecular complexity index is 1040. The number of nitrogens with one attached hydrogen (secondary N) is 1. The minimum absolute atomic E-state index is 0.0301. The molecule has 3 aromatic rings. The number of amides is 1. The minimum atomic E-state index is -0.295. The van der Waals surface area contributed by atoms with Gasteiger partial charge < -0.3 is 9.88 Å². The first-order valence-electron chi connectivity index (χ1n) is 10.1. The van der Waals surface area contributed by atoms with Crippen LogP contribution in [0.5, 0.6) is 0 Å². The highest BCUT2D eigenvalue weighted by Gasteiger charge is 2.26. The smallest absolute Gasteiger partial charge is 0.251 e. The van der Waals surface area contributed by atoms with Gasteiger partial charge in [0.25, 0.3) is 5.91 Å². The number of carbonyl (C=O) groups excluding carboxylic acids is 2. The molecule has 8 heteroatoms. The van der Waals surface area contributed by atoms with Crippen LogP contribution in [0.4, 0.5) is 0 Å². The van der Waals surface area contributed by atoms with Crippen LogP contribution in [0.15, 0.2) is 64.2 Å². The summed E-state index contributed by atoms with van der Waals surface area (Å²) in [5, 5.41) is 12.5. The molecular formula is C23H25BrN4O2S. The van der Waals surface area contributed by atoms with E-state index in [0.717, 1.165) is 4.47 Å². The predicted octanol–water partition coefficient (Wildman–Crippen LogP) is 5.16. The fourth-order valence-corrected chi connectivity index (χ4v) is 4.29. The van der Waals surface area contributed by atoms with Crippen molar-refractivity contribution in [1.82, 2.24) is 20.1 Å². The van der Waals surface area contributed by atoms with E-state index in [2.05, 4.69) is 31.4 Å². The second-order valence-corrected chi connectivity index (χ2v) is 9.22. The summed E-state index contributed by atoms with van der Waals surface area (Å²) in [6.07, 6.45) is 0. The Balaban J connectivity index is 1.75. The van der Waals surface area contributed by atoms with Crippen LogP contribution in [0.25, 0.3) is 0 Å². The summed E-state index contributed by atoms with van der Waals surface area (Å²) in [7, 11) is 0. The largest absolute Gasteiger partial charge is 0.342 e. The second kappa shape index (κ2) is 10.7. The Morgan fingerprint density at radius 1 is 1.03 bits per heavy atom. The summed E-state index contributed by atoms with van der Waals surface area (Å²) in [5.74, 6) is 0.958. The fourth-order valence-electron chi connectivity index (χ4n) is 3.13. The molecule has 1 aromatic heterocycles. The molecule has 3 rings (SSSR count). The monoisotopic (exact) mass is 500 g/mol. The molecule has 0 aliphatic heterocycles. The van der Waals surface area contributed by atoms with Crippen molar-refractivity contribution in [3.05, 3.63) is 76.0 Å². The first-order chi connectivity index (χ1) is 14.9. The molecule has 2 aromatic carbocycles. The van der Waals surface area contributed by atoms with E-state index in [1.54, 1.807) is 24.3 Å². The third kappa shape index (κ3) is 5.83. The molecule has 1 heterocycles. The number of nitrogens with zero attached hydrogens (tertiary/aromatic N) is 3. The van der Waals surface area contributed by atoms with Gasteiger partial charge in [0, 0.05) is 22.1 Å². The van der Waals surface area contributed by atoms with Gasteiger partial charge in [-0.3, -0.25) is 9.59 Å². The molecule has 1 amide bonds. The summed E-state index contributed by atoms with van der Waals surface area (Å²) in [4.78, 5) is 25.2. The van der Waals surface area contributed by atoms with Gasteiger partial charge in [-0.15, -0.1) is 10.2 Å². The van der Waals surface area contributed by atoms with Crippen LogP contribution < -0.4 is 5.32 Å². The Kier molecular flexibility index (Phi) is 8.03. The number of ketones is 1. The molecule has 0 saturated heterocycles. The Labute approximate surface area is 195 Å². The van der Waals surface area contributed by atoms with Gasteiger partial charge in [-0.05, 0) is 37.1 Å². The average molecular weight is 501 g/mol. The van der Waals surface area contributed by atoms with Crippen LogP contribution in [0, 0.1) is 5.92 Å². The maximum atomic E-state index is 12.7. The standard InChI is InChI=1S/C23H25BrN4O2S/c1-4-28-21(20(15(2)3)25-22(30)17-8-6-5-7-9-17)26-27-23(28)31-14-19(29)16-10-12-18(24)13-11-16/h5-13,15,20H,4,14H2,1-3H3,(H,25,30)/t20-/m1/s1. The van der Waals surface area contributed by atoms with Gasteiger partial charge >= 0.3 is 0 Å². The van der Waals surface area contributed by atoms with Gasteiger partial charge in [-0.25, -0.2) is 0 Å². The van der Waals surface area contributed by atoms with E-state index in [9.17, 15) is 9.59 Å². The van der Waals surface area contributed by atoms with Crippen LogP contribution in [0.3, 0.4) is 0 Å². The summed E-state index contributed by atoms with van der Waals surface area (Å²) in [6.45, 7) is 6.72. The van der Waals surface area contributed by atoms with Crippen molar-refractivity contribution >= 4 is 39.4 Å². The number of carbonyl (C=O) groups is 2. The maximum Gasteiger partial charge on any atom is 0.251 e. The van der Waals surface area contributed by atoms with E-state index in [0.29, 0.717) is 28.7 Å². The van der Waals surface area contributed by atoms with E-state index in [4.69, 9.17) is 0 Å². The first-order valence-corrected chi connectivity index (χ1v) is 11.9. The normalized spacial score (nSPS) is 12.0. The number of thioether (sulfide) groups is 1. The van der Waals surface area contributed by atoms with Crippen molar-refractivity contribution in [2.45, 2.75) is 38.5 Å². The van der Waals surface area contributed by atoms with Crippen molar-refractivity contribution < 1.29 is 9.59 Å². The van der Waals surface area contributed by atoms with Crippen molar-refractivity contribution in [2.24, 2.45) is 5.92 Å². The minimum Gasteiger partial charge on any atom is -0.342 e. The van der Waals surface area contributed by atoms with Crippen LogP contribution in [0.2, 0.25) is 0 Å². The average Bonchev–Trinajstić information content (AvgIpc) is 3.19. The number of halogens is 1. The maximum absolute atomic E-state index is 12.7. The van der Waals surface area contributed by atoms with Crippen LogP contribution in [-0.4, -0.2) is 32.2 Å². The zero-order valence-electron chi connectivity index (χ0n) is 17.7. The number of hydrogen-bond acceptors (Lipinski definition) is 5. The topological polar surface area (TPSA) is 76.9 Å². The molecule has 0 unspecified atom stereocenters. The number of Topliss-reactive ketones (excluding diaryl/α,β-unsaturated/α-hetero) is 1. The number of rotatable bonds is 9. The summed E-state index contributed by atoms with van der Waals surface area (Å²) in [6, 6.07) is 16.1. The van der Waals surface area contributed by atoms with Gasteiger partial charge in [0.05, 0.1) is 11.8 Å². The second-order valence-electron chi connectivity index (χ2n) is 7.36. The van der Waals surface area contributed by atoms with Crippen molar-refractivity contribution in [3.8, 4) is 0 Å². The molecule has 0 fully saturated rings. The highest BCUT2D eigenvalue weighted by Crippen LogP contribution is 2.26. The predicted molar refractivity (Wildman–Crippen MR) is 126 cm³/mol. The number of aromatic nitrogens is 3. The van der Waals surface area contributed by atoms with Crippen molar-refractivity contribution in [1.29, 1.82) is 0 Å². The van der Waals surface area contributed by atoms with Gasteiger partial charge in [0.2, 0.25) is 0 Å². The molecule has 1 N–H and O–H groups in total. The van der Waals surface area contributed by atoms with E-state index in [1.165, 1.54) is 11.8 Å². The molecule has 162 valence electrons. The van der Waals surface area contributed by atoms with Gasteiger partial charge in [0.15, 0.2) is 16.8 Å². The molecule has 0 aliphatic rings. The molecule has 0 bridgehead atoms. The Hall–Kier alpha value is -2.45. The van der Waals surface area contributed by atoms with Gasteiger partial charge in [0.1, 0.15) is 0 Å². The van der Waals surface area contributed by atoms with E-state index in [1.807, 2.05) is 55.7 Å². The molecular weight excluding hydrogens is 476 g/mol. The molecule has 31 heavy (non-hydrogen) atoms. The third-order valence-electron chi connectivity index (χ3n) is 4.83. The Morgan fingerprint density at radius 2 is 1.71 bits per heavy atom. The van der Waals surface area contributed by atoms with Crippen LogP contribution in [-0.2, 0) is 6.54 Å². The number of hydrogen-bond donors (Lipinski definition) is 1. The molecule has 0 spiro atoms. The SMILES string of the molecule is CCn1c(SCC(=O)c2ccc(Br)cc2)nnc1[C@H](NC(=O)c1ccccc1)C(C)C. The molecule has 0 radical (unpaired) electrons. The summed E-state index contributed by atoms with van der Waals surface area (Å²) < 4.78 is 2.90. The first kappa shape index (κ1) is 23.2. The van der Waals surface area contributed by atoms with E-state index < -0.39 is 0 Å². The molecule has 6 nitrogen and oxygen atoms in total. The summed E-state index contributed by atoms with van der Waals surface area (Å²) in [5.41, 5.74) is 1.26. The zero-order valence-corrected chi connectivity index (χ0v) is 20.1. The highest BCUT2D eigenvalue weighted by molar-refractivity contribution is 9.10. The van der Waals surface area contributed by atoms with Gasteiger partial charge in [-0.2, -0.15) is 0 Å². The Morgan fingerprint density at radius 3 is 2.32 bits per heavy atom. The molecule has 0 aliphatic carbocycles. The quantitative estimate of drug-likeness (QED) is 0.324. The lowest BCUT2D eigenvalue weighted by molar-refractivity contribution is 0.0921. The number of benzene rings is 2. The molecule has 1 atom stereocenters. The van der Waals surface area contributed by atoms with Gasteiger partial charge in [-0.1, -0.05) is 71.9 Å². The lowest BCUT2D eigenvalue weighted by Crippen LogP contribution is -2.33. The van der Waals surface area contributed by atoms with E-state index >= 15 is 0 Å².